The van der Waals surface area contributed by atoms with Crippen LogP contribution in [0.25, 0.3) is 0 Å². The van der Waals surface area contributed by atoms with E-state index in [9.17, 15) is 9.90 Å². The third-order valence-electron chi connectivity index (χ3n) is 5.30. The van der Waals surface area contributed by atoms with Crippen LogP contribution in [0.4, 0.5) is 5.00 Å². The quantitative estimate of drug-likeness (QED) is 0.769. The zero-order valence-electron chi connectivity index (χ0n) is 14.0. The van der Waals surface area contributed by atoms with E-state index in [1.807, 2.05) is 25.1 Å². The molecular weight excluding hydrogens is 320 g/mol. The molecule has 0 radical (unpaired) electrons. The average molecular weight is 342 g/mol. The van der Waals surface area contributed by atoms with Crippen LogP contribution < -0.4 is 10.6 Å². The maximum absolute atomic E-state index is 12.7. The van der Waals surface area contributed by atoms with Gasteiger partial charge in [-0.3, -0.25) is 4.79 Å². The summed E-state index contributed by atoms with van der Waals surface area (Å²) < 4.78 is 0. The minimum atomic E-state index is -0.382. The average Bonchev–Trinajstić information content (AvgIpc) is 2.94. The molecule has 0 unspecified atom stereocenters. The number of fused-ring (bicyclic) bond motifs is 3. The van der Waals surface area contributed by atoms with E-state index in [4.69, 9.17) is 0 Å². The zero-order valence-corrected chi connectivity index (χ0v) is 14.8. The van der Waals surface area contributed by atoms with Gasteiger partial charge in [-0.25, -0.2) is 0 Å². The Morgan fingerprint density at radius 3 is 2.96 bits per heavy atom. The van der Waals surface area contributed by atoms with Crippen LogP contribution >= 0.6 is 11.3 Å². The molecule has 4 nitrogen and oxygen atoms in total. The van der Waals surface area contributed by atoms with E-state index in [2.05, 4.69) is 17.6 Å². The zero-order chi connectivity index (χ0) is 16.8. The lowest BCUT2D eigenvalue weighted by molar-refractivity contribution is 0.0934. The van der Waals surface area contributed by atoms with Gasteiger partial charge in [0.25, 0.3) is 5.91 Å². The fourth-order valence-electron chi connectivity index (χ4n) is 3.79. The van der Waals surface area contributed by atoms with Crippen molar-refractivity contribution in [1.29, 1.82) is 0 Å². The molecule has 1 aliphatic carbocycles. The van der Waals surface area contributed by atoms with Gasteiger partial charge in [0, 0.05) is 10.4 Å². The second-order valence-electron chi connectivity index (χ2n) is 6.79. The summed E-state index contributed by atoms with van der Waals surface area (Å²) in [5.41, 5.74) is 3.59. The van der Waals surface area contributed by atoms with E-state index in [0.717, 1.165) is 34.9 Å². The van der Waals surface area contributed by atoms with Crippen LogP contribution in [0.3, 0.4) is 0 Å². The molecule has 3 N–H and O–H groups in total. The second kappa shape index (κ2) is 5.81. The Morgan fingerprint density at radius 1 is 1.33 bits per heavy atom. The number of carbonyl (C=O) groups is 1. The molecule has 0 saturated carbocycles. The lowest BCUT2D eigenvalue weighted by Crippen LogP contribution is -2.38. The van der Waals surface area contributed by atoms with Gasteiger partial charge in [0.2, 0.25) is 0 Å². The summed E-state index contributed by atoms with van der Waals surface area (Å²) in [7, 11) is 0. The molecular formula is C19H22N2O2S. The van der Waals surface area contributed by atoms with Gasteiger partial charge >= 0.3 is 0 Å². The van der Waals surface area contributed by atoms with Gasteiger partial charge < -0.3 is 15.7 Å². The van der Waals surface area contributed by atoms with E-state index in [1.54, 1.807) is 11.3 Å². The first-order valence-corrected chi connectivity index (χ1v) is 9.40. The highest BCUT2D eigenvalue weighted by atomic mass is 32.1. The van der Waals surface area contributed by atoms with Crippen molar-refractivity contribution in [3.63, 3.8) is 0 Å². The van der Waals surface area contributed by atoms with Gasteiger partial charge in [-0.1, -0.05) is 31.5 Å². The molecule has 1 aliphatic heterocycles. The lowest BCUT2D eigenvalue weighted by atomic mass is 9.85. The monoisotopic (exact) mass is 342 g/mol. The number of benzene rings is 1. The number of thiophene rings is 1. The summed E-state index contributed by atoms with van der Waals surface area (Å²) in [5, 5.41) is 17.7. The molecule has 2 atom stereocenters. The SMILES string of the molecule is CC[C@H]1CCc2c(sc3c2C(=O)N[C@H](c2cccc(C)c2O)N3)C1. The second-order valence-corrected chi connectivity index (χ2v) is 7.89. The van der Waals surface area contributed by atoms with Crippen LogP contribution in [-0.4, -0.2) is 11.0 Å². The Hall–Kier alpha value is -2.01. The number of aromatic hydroxyl groups is 1. The number of carbonyl (C=O) groups excluding carboxylic acids is 1. The normalized spacial score (nSPS) is 22.3. The predicted octanol–water partition coefficient (Wildman–Crippen LogP) is 4.13. The van der Waals surface area contributed by atoms with Crippen molar-refractivity contribution in [2.45, 2.75) is 45.7 Å². The summed E-state index contributed by atoms with van der Waals surface area (Å²) >= 11 is 1.72. The minimum Gasteiger partial charge on any atom is -0.507 e. The fraction of sp³-hybridized carbons (Fsp3) is 0.421. The third-order valence-corrected chi connectivity index (χ3v) is 6.49. The first-order chi connectivity index (χ1) is 11.6. The van der Waals surface area contributed by atoms with Crippen LogP contribution in [-0.2, 0) is 12.8 Å². The number of phenolic OH excluding ortho intramolecular Hbond substituents is 1. The summed E-state index contributed by atoms with van der Waals surface area (Å²) in [5.74, 6) is 0.950. The summed E-state index contributed by atoms with van der Waals surface area (Å²) in [4.78, 5) is 14.1. The highest BCUT2D eigenvalue weighted by Gasteiger charge is 2.34. The van der Waals surface area contributed by atoms with E-state index in [-0.39, 0.29) is 17.8 Å². The molecule has 2 heterocycles. The number of aryl methyl sites for hydroxylation is 1. The van der Waals surface area contributed by atoms with Gasteiger partial charge in [-0.05, 0) is 43.2 Å². The van der Waals surface area contributed by atoms with Crippen molar-refractivity contribution in [3.8, 4) is 5.75 Å². The molecule has 0 saturated heterocycles. The van der Waals surface area contributed by atoms with Crippen LogP contribution in [0.2, 0.25) is 0 Å². The number of anilines is 1. The molecule has 2 aromatic rings. The topological polar surface area (TPSA) is 61.4 Å². The summed E-state index contributed by atoms with van der Waals surface area (Å²) in [6.45, 7) is 4.11. The van der Waals surface area contributed by atoms with E-state index in [0.29, 0.717) is 5.56 Å². The highest BCUT2D eigenvalue weighted by molar-refractivity contribution is 7.16. The van der Waals surface area contributed by atoms with Crippen LogP contribution in [0, 0.1) is 12.8 Å². The first kappa shape index (κ1) is 15.5. The van der Waals surface area contributed by atoms with Crippen LogP contribution in [0.5, 0.6) is 5.75 Å². The Morgan fingerprint density at radius 2 is 2.17 bits per heavy atom. The standard InChI is InChI=1S/C19H22N2O2S/c1-3-11-7-8-12-14(9-11)24-19-15(12)18(23)20-17(21-19)13-6-4-5-10(2)16(13)22/h4-6,11,17,21-22H,3,7-9H2,1-2H3,(H,20,23)/t11-,17-/m0/s1. The number of amides is 1. The van der Waals surface area contributed by atoms with Gasteiger partial charge in [0.05, 0.1) is 5.56 Å². The highest BCUT2D eigenvalue weighted by Crippen LogP contribution is 2.43. The largest absolute Gasteiger partial charge is 0.507 e. The molecule has 0 bridgehead atoms. The van der Waals surface area contributed by atoms with Crippen LogP contribution in [0.15, 0.2) is 18.2 Å². The van der Waals surface area contributed by atoms with Gasteiger partial charge in [0.1, 0.15) is 16.9 Å². The molecule has 5 heteroatoms. The maximum atomic E-state index is 12.7. The van der Waals surface area contributed by atoms with Crippen molar-refractivity contribution in [2.24, 2.45) is 5.92 Å². The summed E-state index contributed by atoms with van der Waals surface area (Å²) in [6.07, 6.45) is 4.06. The van der Waals surface area contributed by atoms with Crippen molar-refractivity contribution < 1.29 is 9.90 Å². The molecule has 1 aromatic carbocycles. The Kier molecular flexibility index (Phi) is 3.76. The van der Waals surface area contributed by atoms with Gasteiger partial charge in [-0.2, -0.15) is 0 Å². The number of hydrogen-bond acceptors (Lipinski definition) is 4. The molecule has 0 spiro atoms. The third kappa shape index (κ3) is 2.38. The number of rotatable bonds is 2. The predicted molar refractivity (Wildman–Crippen MR) is 96.8 cm³/mol. The van der Waals surface area contributed by atoms with Crippen molar-refractivity contribution >= 4 is 22.2 Å². The lowest BCUT2D eigenvalue weighted by Gasteiger charge is -2.28. The number of phenols is 1. The molecule has 4 rings (SSSR count). The molecule has 126 valence electrons. The molecule has 0 fully saturated rings. The Labute approximate surface area is 145 Å². The number of nitrogens with one attached hydrogen (secondary N) is 2. The van der Waals surface area contributed by atoms with Crippen molar-refractivity contribution in [3.05, 3.63) is 45.3 Å². The minimum absolute atomic E-state index is 0.0258. The van der Waals surface area contributed by atoms with Gasteiger partial charge in [-0.15, -0.1) is 11.3 Å². The Balaban J connectivity index is 1.70. The smallest absolute Gasteiger partial charge is 0.256 e. The van der Waals surface area contributed by atoms with Crippen molar-refractivity contribution in [1.82, 2.24) is 5.32 Å². The molecule has 1 amide bonds. The van der Waals surface area contributed by atoms with Gasteiger partial charge in [0.15, 0.2) is 0 Å². The first-order valence-electron chi connectivity index (χ1n) is 8.58. The molecule has 2 aliphatic rings. The van der Waals surface area contributed by atoms with E-state index < -0.39 is 0 Å². The van der Waals surface area contributed by atoms with E-state index in [1.165, 1.54) is 23.3 Å². The number of hydrogen-bond donors (Lipinski definition) is 3. The Bertz CT molecular complexity index is 812. The number of para-hydroxylation sites is 1. The van der Waals surface area contributed by atoms with E-state index >= 15 is 0 Å². The van der Waals surface area contributed by atoms with Crippen LogP contribution in [0.1, 0.15) is 57.9 Å². The maximum Gasteiger partial charge on any atom is 0.256 e. The molecule has 24 heavy (non-hydrogen) atoms. The fourth-order valence-corrected chi connectivity index (χ4v) is 5.17. The summed E-state index contributed by atoms with van der Waals surface area (Å²) in [6, 6.07) is 5.62. The van der Waals surface area contributed by atoms with Crippen molar-refractivity contribution in [2.75, 3.05) is 5.32 Å². The molecule has 1 aromatic heterocycles.